The van der Waals surface area contributed by atoms with E-state index < -0.39 is 35.1 Å². The van der Waals surface area contributed by atoms with Crippen LogP contribution in [-0.2, 0) is 27.3 Å². The van der Waals surface area contributed by atoms with Gasteiger partial charge in [0.2, 0.25) is 0 Å². The number of hydrogen-bond acceptors (Lipinski definition) is 9. The highest BCUT2D eigenvalue weighted by atomic mass is 16.6. The fraction of sp³-hybridized carbons (Fsp3) is 0.487. The third-order valence-electron chi connectivity index (χ3n) is 7.72. The van der Waals surface area contributed by atoms with Gasteiger partial charge in [-0.25, -0.2) is 19.3 Å². The average Bonchev–Trinajstić information content (AvgIpc) is 3.04. The SMILES string of the molecule is CC(C)(C)OC(=O)N(Cc1cccc(C2CCN(C(=O)c3cncc(N(Cc4ccccn4)C(=O)OC(C)(C)C)c3)CC2)c1)C(=O)OC(C)(C)C. The number of carbonyl (C=O) groups excluding carboxylic acids is 4. The highest BCUT2D eigenvalue weighted by Crippen LogP contribution is 2.30. The molecule has 0 unspecified atom stereocenters. The first-order chi connectivity index (χ1) is 23.8. The molecule has 0 aliphatic carbocycles. The number of imide groups is 1. The molecule has 12 heteroatoms. The van der Waals surface area contributed by atoms with Crippen LogP contribution in [0.4, 0.5) is 20.1 Å². The predicted molar refractivity (Wildman–Crippen MR) is 193 cm³/mol. The summed E-state index contributed by atoms with van der Waals surface area (Å²) in [5, 5.41) is 0. The molecule has 4 amide bonds. The van der Waals surface area contributed by atoms with Crippen LogP contribution in [0.15, 0.2) is 67.1 Å². The van der Waals surface area contributed by atoms with Crippen LogP contribution in [-0.4, -0.2) is 73.8 Å². The lowest BCUT2D eigenvalue weighted by Gasteiger charge is -2.33. The molecule has 0 atom stereocenters. The van der Waals surface area contributed by atoms with Crippen molar-refractivity contribution in [3.63, 3.8) is 0 Å². The van der Waals surface area contributed by atoms with Gasteiger partial charge in [-0.05, 0) is 110 Å². The van der Waals surface area contributed by atoms with Crippen molar-refractivity contribution in [3.05, 3.63) is 89.5 Å². The fourth-order valence-corrected chi connectivity index (χ4v) is 5.49. The minimum absolute atomic E-state index is 0.0149. The lowest BCUT2D eigenvalue weighted by atomic mass is 9.88. The number of benzene rings is 1. The van der Waals surface area contributed by atoms with Crippen molar-refractivity contribution in [1.82, 2.24) is 19.8 Å². The third-order valence-corrected chi connectivity index (χ3v) is 7.72. The van der Waals surface area contributed by atoms with E-state index in [9.17, 15) is 19.2 Å². The first kappa shape index (κ1) is 38.8. The quantitative estimate of drug-likeness (QED) is 0.224. The van der Waals surface area contributed by atoms with E-state index in [1.807, 2.05) is 36.4 Å². The second-order valence-corrected chi connectivity index (χ2v) is 15.7. The monoisotopic (exact) mass is 701 g/mol. The smallest absolute Gasteiger partial charge is 0.420 e. The number of nitrogens with zero attached hydrogens (tertiary/aromatic N) is 5. The molecule has 12 nitrogen and oxygen atoms in total. The number of likely N-dealkylation sites (tertiary alicyclic amines) is 1. The number of rotatable bonds is 7. The summed E-state index contributed by atoms with van der Waals surface area (Å²) in [6.07, 6.45) is 4.01. The van der Waals surface area contributed by atoms with Gasteiger partial charge in [0, 0.05) is 25.5 Å². The Morgan fingerprint density at radius 3 is 1.92 bits per heavy atom. The topological polar surface area (TPSA) is 131 Å². The van der Waals surface area contributed by atoms with E-state index in [2.05, 4.69) is 9.97 Å². The third kappa shape index (κ3) is 11.8. The maximum Gasteiger partial charge on any atom is 0.420 e. The lowest BCUT2D eigenvalue weighted by molar-refractivity contribution is -0.000316. The van der Waals surface area contributed by atoms with Crippen LogP contribution in [0.25, 0.3) is 0 Å². The maximum atomic E-state index is 13.7. The zero-order valence-corrected chi connectivity index (χ0v) is 31.3. The van der Waals surface area contributed by atoms with Gasteiger partial charge in [0.1, 0.15) is 16.8 Å². The van der Waals surface area contributed by atoms with Crippen molar-refractivity contribution in [2.75, 3.05) is 18.0 Å². The van der Waals surface area contributed by atoms with Crippen molar-refractivity contribution < 1.29 is 33.4 Å². The molecule has 1 saturated heterocycles. The van der Waals surface area contributed by atoms with Crippen LogP contribution in [0, 0.1) is 0 Å². The van der Waals surface area contributed by atoms with Crippen molar-refractivity contribution in [2.24, 2.45) is 0 Å². The number of amides is 4. The van der Waals surface area contributed by atoms with E-state index in [1.54, 1.807) is 85.5 Å². The van der Waals surface area contributed by atoms with Crippen LogP contribution in [0.1, 0.15) is 108 Å². The summed E-state index contributed by atoms with van der Waals surface area (Å²) in [6.45, 7) is 17.0. The lowest BCUT2D eigenvalue weighted by Crippen LogP contribution is -2.43. The minimum Gasteiger partial charge on any atom is -0.443 e. The van der Waals surface area contributed by atoms with E-state index in [0.29, 0.717) is 42.9 Å². The van der Waals surface area contributed by atoms with Gasteiger partial charge in [-0.3, -0.25) is 19.7 Å². The highest BCUT2D eigenvalue weighted by Gasteiger charge is 2.32. The molecular formula is C39H51N5O7. The van der Waals surface area contributed by atoms with Crippen LogP contribution in [0.3, 0.4) is 0 Å². The Morgan fingerprint density at radius 2 is 1.35 bits per heavy atom. The number of carbonyl (C=O) groups is 4. The maximum absolute atomic E-state index is 13.7. The van der Waals surface area contributed by atoms with Gasteiger partial charge in [-0.15, -0.1) is 0 Å². The number of piperidine rings is 1. The Kier molecular flexibility index (Phi) is 12.1. The molecule has 1 aliphatic rings. The van der Waals surface area contributed by atoms with Gasteiger partial charge in [0.25, 0.3) is 5.91 Å². The minimum atomic E-state index is -0.793. The van der Waals surface area contributed by atoms with Gasteiger partial charge in [0.15, 0.2) is 0 Å². The first-order valence-corrected chi connectivity index (χ1v) is 17.2. The van der Waals surface area contributed by atoms with Gasteiger partial charge in [-0.2, -0.15) is 0 Å². The fourth-order valence-electron chi connectivity index (χ4n) is 5.49. The molecule has 0 N–H and O–H groups in total. The first-order valence-electron chi connectivity index (χ1n) is 17.2. The summed E-state index contributed by atoms with van der Waals surface area (Å²) in [5.41, 5.74) is 0.961. The van der Waals surface area contributed by atoms with E-state index in [0.717, 1.165) is 16.0 Å². The zero-order valence-electron chi connectivity index (χ0n) is 31.3. The van der Waals surface area contributed by atoms with Gasteiger partial charge in [-0.1, -0.05) is 30.3 Å². The molecule has 4 rings (SSSR count). The van der Waals surface area contributed by atoms with Crippen molar-refractivity contribution >= 4 is 29.9 Å². The summed E-state index contributed by atoms with van der Waals surface area (Å²) in [5.74, 6) is -0.0140. The zero-order chi connectivity index (χ0) is 37.6. The molecule has 0 spiro atoms. The molecule has 3 heterocycles. The molecule has 0 saturated carbocycles. The Bertz CT molecular complexity index is 1660. The number of hydrogen-bond donors (Lipinski definition) is 0. The molecule has 1 aliphatic heterocycles. The summed E-state index contributed by atoms with van der Waals surface area (Å²) < 4.78 is 16.7. The average molecular weight is 702 g/mol. The largest absolute Gasteiger partial charge is 0.443 e. The number of aromatic nitrogens is 2. The summed E-state index contributed by atoms with van der Waals surface area (Å²) >= 11 is 0. The molecule has 1 aromatic carbocycles. The Labute approximate surface area is 301 Å². The summed E-state index contributed by atoms with van der Waals surface area (Å²) in [4.78, 5) is 66.0. The molecule has 3 aromatic rings. The van der Waals surface area contributed by atoms with Crippen molar-refractivity contribution in [2.45, 2.75) is 111 Å². The molecule has 0 bridgehead atoms. The normalized spacial score (nSPS) is 14.0. The second kappa shape index (κ2) is 15.9. The van der Waals surface area contributed by atoms with Crippen LogP contribution >= 0.6 is 0 Å². The molecular weight excluding hydrogens is 650 g/mol. The van der Waals surface area contributed by atoms with Crippen LogP contribution in [0.5, 0.6) is 0 Å². The number of pyridine rings is 2. The van der Waals surface area contributed by atoms with Crippen molar-refractivity contribution in [1.29, 1.82) is 0 Å². The Hall–Kier alpha value is -5.00. The van der Waals surface area contributed by atoms with Crippen molar-refractivity contribution in [3.8, 4) is 0 Å². The van der Waals surface area contributed by atoms with Gasteiger partial charge in [0.05, 0.1) is 36.2 Å². The summed E-state index contributed by atoms with van der Waals surface area (Å²) in [6, 6.07) is 14.9. The van der Waals surface area contributed by atoms with Crippen LogP contribution in [0.2, 0.25) is 0 Å². The van der Waals surface area contributed by atoms with E-state index >= 15 is 0 Å². The Morgan fingerprint density at radius 1 is 0.745 bits per heavy atom. The number of anilines is 1. The van der Waals surface area contributed by atoms with Crippen LogP contribution < -0.4 is 4.90 Å². The van der Waals surface area contributed by atoms with Gasteiger partial charge >= 0.3 is 18.3 Å². The Balaban J connectivity index is 1.46. The molecule has 0 radical (unpaired) electrons. The van der Waals surface area contributed by atoms with E-state index in [4.69, 9.17) is 14.2 Å². The molecule has 2 aromatic heterocycles. The predicted octanol–water partition coefficient (Wildman–Crippen LogP) is 8.11. The molecule has 274 valence electrons. The van der Waals surface area contributed by atoms with E-state index in [1.165, 1.54) is 17.3 Å². The van der Waals surface area contributed by atoms with E-state index in [-0.39, 0.29) is 24.9 Å². The molecule has 51 heavy (non-hydrogen) atoms. The molecule has 1 fully saturated rings. The second-order valence-electron chi connectivity index (χ2n) is 15.7. The summed E-state index contributed by atoms with van der Waals surface area (Å²) in [7, 11) is 0. The number of ether oxygens (including phenoxy) is 3. The standard InChI is InChI=1S/C39H51N5O7/c1-37(2,3)49-34(46)43(26-31-15-10-11-18-41-31)32-22-30(23-40-24-32)33(45)42-19-16-28(17-20-42)29-14-12-13-27(21-29)25-44(35(47)50-38(4,5)6)36(48)51-39(7,8)9/h10-15,18,21-24,28H,16-17,19-20,25-26H2,1-9H3. The highest BCUT2D eigenvalue weighted by molar-refractivity contribution is 5.96. The van der Waals surface area contributed by atoms with Gasteiger partial charge < -0.3 is 19.1 Å².